The molecule has 1 amide bonds. The Bertz CT molecular complexity index is 311. The second-order valence-electron chi connectivity index (χ2n) is 5.23. The lowest BCUT2D eigenvalue weighted by molar-refractivity contribution is -0.147. The highest BCUT2D eigenvalue weighted by Crippen LogP contribution is 2.13. The second kappa shape index (κ2) is 6.15. The molecule has 1 aliphatic rings. The Kier molecular flexibility index (Phi) is 5.10. The fourth-order valence-electron chi connectivity index (χ4n) is 1.63. The number of carboxylic acids is 1. The third kappa shape index (κ3) is 3.96. The first-order chi connectivity index (χ1) is 8.34. The van der Waals surface area contributed by atoms with Crippen molar-refractivity contribution < 1.29 is 19.4 Å². The Labute approximate surface area is 107 Å². The molecular weight excluding hydrogens is 236 g/mol. The molecule has 1 saturated heterocycles. The summed E-state index contributed by atoms with van der Waals surface area (Å²) in [5.74, 6) is -0.875. The van der Waals surface area contributed by atoms with E-state index in [0.717, 1.165) is 0 Å². The molecule has 0 saturated carbocycles. The van der Waals surface area contributed by atoms with E-state index in [1.807, 2.05) is 0 Å². The number of ether oxygens (including phenoxy) is 1. The van der Waals surface area contributed by atoms with Gasteiger partial charge in [0.05, 0.1) is 24.7 Å². The van der Waals surface area contributed by atoms with Crippen LogP contribution >= 0.6 is 0 Å². The fraction of sp³-hybridized carbons (Fsp3) is 0.833. The predicted molar refractivity (Wildman–Crippen MR) is 66.3 cm³/mol. The second-order valence-corrected chi connectivity index (χ2v) is 5.23. The average molecular weight is 258 g/mol. The van der Waals surface area contributed by atoms with E-state index < -0.39 is 11.4 Å². The number of rotatable bonds is 5. The normalized spacial score (nSPS) is 18.5. The molecule has 2 N–H and O–H groups in total. The number of nitrogens with zero attached hydrogens (tertiary/aromatic N) is 1. The van der Waals surface area contributed by atoms with Crippen LogP contribution in [0.2, 0.25) is 0 Å². The van der Waals surface area contributed by atoms with E-state index in [4.69, 9.17) is 9.84 Å². The van der Waals surface area contributed by atoms with Crippen LogP contribution in [0, 0.1) is 5.41 Å². The number of hydrogen-bond donors (Lipinski definition) is 2. The Morgan fingerprint density at radius 3 is 2.44 bits per heavy atom. The maximum Gasteiger partial charge on any atom is 0.310 e. The van der Waals surface area contributed by atoms with Crippen molar-refractivity contribution in [3.05, 3.63) is 0 Å². The summed E-state index contributed by atoms with van der Waals surface area (Å²) in [6.07, 6.45) is 0. The number of aliphatic carboxylic acids is 1. The minimum Gasteiger partial charge on any atom is -0.481 e. The van der Waals surface area contributed by atoms with E-state index in [0.29, 0.717) is 26.3 Å². The molecule has 6 heteroatoms. The van der Waals surface area contributed by atoms with Crippen LogP contribution in [0.5, 0.6) is 0 Å². The van der Waals surface area contributed by atoms with Crippen molar-refractivity contribution in [3.8, 4) is 0 Å². The van der Waals surface area contributed by atoms with Gasteiger partial charge in [0.15, 0.2) is 0 Å². The van der Waals surface area contributed by atoms with Crippen molar-refractivity contribution in [2.45, 2.75) is 26.8 Å². The molecule has 1 atom stereocenters. The minimum absolute atomic E-state index is 0.000473. The summed E-state index contributed by atoms with van der Waals surface area (Å²) < 4.78 is 5.18. The minimum atomic E-state index is -0.875. The van der Waals surface area contributed by atoms with Crippen LogP contribution < -0.4 is 5.32 Å². The largest absolute Gasteiger partial charge is 0.481 e. The van der Waals surface area contributed by atoms with Crippen molar-refractivity contribution in [3.63, 3.8) is 0 Å². The Morgan fingerprint density at radius 1 is 1.39 bits per heavy atom. The van der Waals surface area contributed by atoms with Gasteiger partial charge in [-0.2, -0.15) is 0 Å². The van der Waals surface area contributed by atoms with Gasteiger partial charge in [-0.05, 0) is 20.8 Å². The molecule has 1 fully saturated rings. The molecule has 0 aromatic rings. The van der Waals surface area contributed by atoms with Gasteiger partial charge in [-0.25, -0.2) is 0 Å². The predicted octanol–water partition coefficient (Wildman–Crippen LogP) is -0.0659. The Hall–Kier alpha value is -1.14. The van der Waals surface area contributed by atoms with Crippen molar-refractivity contribution >= 4 is 11.9 Å². The maximum absolute atomic E-state index is 12.0. The molecule has 0 aromatic heterocycles. The van der Waals surface area contributed by atoms with Crippen LogP contribution in [0.4, 0.5) is 0 Å². The van der Waals surface area contributed by atoms with E-state index in [9.17, 15) is 9.59 Å². The maximum atomic E-state index is 12.0. The molecule has 1 unspecified atom stereocenters. The van der Waals surface area contributed by atoms with Gasteiger partial charge in [0, 0.05) is 19.6 Å². The summed E-state index contributed by atoms with van der Waals surface area (Å²) in [4.78, 5) is 24.7. The quantitative estimate of drug-likeness (QED) is 0.722. The first-order valence-corrected chi connectivity index (χ1v) is 6.18. The highest BCUT2D eigenvalue weighted by molar-refractivity contribution is 5.81. The average Bonchev–Trinajstić information content (AvgIpc) is 2.36. The van der Waals surface area contributed by atoms with E-state index in [2.05, 4.69) is 5.32 Å². The van der Waals surface area contributed by atoms with Gasteiger partial charge in [0.1, 0.15) is 0 Å². The summed E-state index contributed by atoms with van der Waals surface area (Å²) in [6.45, 7) is 7.64. The SMILES string of the molecule is CC(NCC(C)(C)C(=O)O)C(=O)N1CCOCC1. The number of carboxylic acid groups (broad SMARTS) is 1. The molecule has 0 radical (unpaired) electrons. The number of morpholine rings is 1. The smallest absolute Gasteiger partial charge is 0.310 e. The lowest BCUT2D eigenvalue weighted by Gasteiger charge is -2.30. The molecule has 1 rings (SSSR count). The summed E-state index contributed by atoms with van der Waals surface area (Å²) in [7, 11) is 0. The fourth-order valence-corrected chi connectivity index (χ4v) is 1.63. The van der Waals surface area contributed by atoms with Crippen LogP contribution in [-0.4, -0.2) is 60.8 Å². The molecular formula is C12H22N2O4. The molecule has 6 nitrogen and oxygen atoms in total. The van der Waals surface area contributed by atoms with Crippen LogP contribution in [0.3, 0.4) is 0 Å². The van der Waals surface area contributed by atoms with Crippen molar-refractivity contribution in [2.24, 2.45) is 5.41 Å². The summed E-state index contributed by atoms with van der Waals surface area (Å²) >= 11 is 0. The van der Waals surface area contributed by atoms with Crippen molar-refractivity contribution in [1.29, 1.82) is 0 Å². The molecule has 1 aliphatic heterocycles. The molecule has 18 heavy (non-hydrogen) atoms. The topological polar surface area (TPSA) is 78.9 Å². The van der Waals surface area contributed by atoms with E-state index in [1.165, 1.54) is 0 Å². The number of amides is 1. The van der Waals surface area contributed by atoms with Crippen LogP contribution in [-0.2, 0) is 14.3 Å². The van der Waals surface area contributed by atoms with Gasteiger partial charge >= 0.3 is 5.97 Å². The van der Waals surface area contributed by atoms with Crippen LogP contribution in [0.25, 0.3) is 0 Å². The summed E-state index contributed by atoms with van der Waals surface area (Å²) in [5, 5.41) is 12.0. The Balaban J connectivity index is 2.42. The zero-order chi connectivity index (χ0) is 13.8. The first-order valence-electron chi connectivity index (χ1n) is 6.18. The van der Waals surface area contributed by atoms with Crippen molar-refractivity contribution in [1.82, 2.24) is 10.2 Å². The first kappa shape index (κ1) is 14.9. The summed E-state index contributed by atoms with van der Waals surface area (Å²) in [5.41, 5.74) is -0.875. The zero-order valence-corrected chi connectivity index (χ0v) is 11.2. The molecule has 1 heterocycles. The molecule has 0 spiro atoms. The zero-order valence-electron chi connectivity index (χ0n) is 11.2. The van der Waals surface area contributed by atoms with E-state index >= 15 is 0 Å². The van der Waals surface area contributed by atoms with Gasteiger partial charge in [-0.1, -0.05) is 0 Å². The van der Waals surface area contributed by atoms with Gasteiger partial charge in [0.25, 0.3) is 0 Å². The number of nitrogens with one attached hydrogen (secondary N) is 1. The van der Waals surface area contributed by atoms with Gasteiger partial charge in [-0.3, -0.25) is 9.59 Å². The van der Waals surface area contributed by atoms with Crippen LogP contribution in [0.1, 0.15) is 20.8 Å². The summed E-state index contributed by atoms with van der Waals surface area (Å²) in [6, 6.07) is -0.373. The number of carbonyl (C=O) groups is 2. The number of carbonyl (C=O) groups excluding carboxylic acids is 1. The number of hydrogen-bond acceptors (Lipinski definition) is 4. The third-order valence-corrected chi connectivity index (χ3v) is 3.12. The van der Waals surface area contributed by atoms with E-state index in [-0.39, 0.29) is 18.5 Å². The highest BCUT2D eigenvalue weighted by Gasteiger charge is 2.29. The molecule has 104 valence electrons. The van der Waals surface area contributed by atoms with Crippen molar-refractivity contribution in [2.75, 3.05) is 32.8 Å². The lowest BCUT2D eigenvalue weighted by atomic mass is 9.93. The monoisotopic (exact) mass is 258 g/mol. The lowest BCUT2D eigenvalue weighted by Crippen LogP contribution is -2.51. The highest BCUT2D eigenvalue weighted by atomic mass is 16.5. The van der Waals surface area contributed by atoms with Gasteiger partial charge in [-0.15, -0.1) is 0 Å². The molecule has 0 aromatic carbocycles. The third-order valence-electron chi connectivity index (χ3n) is 3.12. The standard InChI is InChI=1S/C12H22N2O4/c1-9(13-8-12(2,3)11(16)17)10(15)14-4-6-18-7-5-14/h9,13H,4-8H2,1-3H3,(H,16,17). The van der Waals surface area contributed by atoms with Crippen LogP contribution in [0.15, 0.2) is 0 Å². The molecule has 0 bridgehead atoms. The molecule has 0 aliphatic carbocycles. The van der Waals surface area contributed by atoms with Gasteiger partial charge in [0.2, 0.25) is 5.91 Å². The van der Waals surface area contributed by atoms with Gasteiger partial charge < -0.3 is 20.1 Å². The Morgan fingerprint density at radius 2 is 1.94 bits per heavy atom. The van der Waals surface area contributed by atoms with E-state index in [1.54, 1.807) is 25.7 Å².